The van der Waals surface area contributed by atoms with Gasteiger partial charge in [-0.25, -0.2) is 4.98 Å². The third-order valence-corrected chi connectivity index (χ3v) is 0.986. The Morgan fingerprint density at radius 2 is 2.70 bits per heavy atom. The van der Waals surface area contributed by atoms with E-state index in [-0.39, 0.29) is 12.2 Å². The van der Waals surface area contributed by atoms with Gasteiger partial charge in [-0.2, -0.15) is 4.39 Å². The van der Waals surface area contributed by atoms with Crippen LogP contribution in [0.1, 0.15) is 5.69 Å². The van der Waals surface area contributed by atoms with Crippen molar-refractivity contribution in [1.29, 1.82) is 0 Å². The second kappa shape index (κ2) is 2.90. The molecule has 0 aromatic carbocycles. The van der Waals surface area contributed by atoms with Crippen LogP contribution in [0.3, 0.4) is 0 Å². The largest absolute Gasteiger partial charge is 0.344 e. The summed E-state index contributed by atoms with van der Waals surface area (Å²) in [5, 5.41) is 2.34. The molecule has 5 nitrogen and oxygen atoms in total. The van der Waals surface area contributed by atoms with E-state index in [4.69, 9.17) is 0 Å². The van der Waals surface area contributed by atoms with E-state index >= 15 is 0 Å². The van der Waals surface area contributed by atoms with Gasteiger partial charge < -0.3 is 4.98 Å². The number of nitrogens with one attached hydrogen (secondary N) is 2. The van der Waals surface area contributed by atoms with E-state index < -0.39 is 5.95 Å². The van der Waals surface area contributed by atoms with Gasteiger partial charge in [-0.3, -0.25) is 5.43 Å². The van der Waals surface area contributed by atoms with Crippen LogP contribution in [-0.4, -0.2) is 9.97 Å². The molecule has 0 saturated heterocycles. The van der Waals surface area contributed by atoms with Gasteiger partial charge in [0, 0.05) is 5.29 Å². The minimum atomic E-state index is -0.615. The lowest BCUT2D eigenvalue weighted by molar-refractivity contribution is 0.561. The summed E-state index contributed by atoms with van der Waals surface area (Å²) in [4.78, 5) is 15.2. The van der Waals surface area contributed by atoms with E-state index in [9.17, 15) is 9.30 Å². The van der Waals surface area contributed by atoms with Crippen LogP contribution in [0.2, 0.25) is 0 Å². The fourth-order valence-corrected chi connectivity index (χ4v) is 0.540. The highest BCUT2D eigenvalue weighted by molar-refractivity contribution is 4.96. The van der Waals surface area contributed by atoms with Crippen molar-refractivity contribution in [1.82, 2.24) is 15.4 Å². The number of aromatic nitrogens is 2. The number of nitrogens with zero attached hydrogens (tertiary/aromatic N) is 2. The Labute approximate surface area is 55.6 Å². The average molecular weight is 144 g/mol. The quantitative estimate of drug-likeness (QED) is 0.474. The van der Waals surface area contributed by atoms with E-state index in [0.29, 0.717) is 0 Å². The van der Waals surface area contributed by atoms with Gasteiger partial charge in [0.25, 0.3) is 0 Å². The highest BCUT2D eigenvalue weighted by atomic mass is 19.1. The zero-order valence-corrected chi connectivity index (χ0v) is 4.97. The van der Waals surface area contributed by atoms with Crippen molar-refractivity contribution >= 4 is 0 Å². The van der Waals surface area contributed by atoms with Crippen LogP contribution < -0.4 is 5.43 Å². The predicted octanol–water partition coefficient (Wildman–Crippen LogP) is 0.320. The number of halogens is 1. The van der Waals surface area contributed by atoms with Gasteiger partial charge in [-0.1, -0.05) is 0 Å². The van der Waals surface area contributed by atoms with E-state index in [1.54, 1.807) is 0 Å². The predicted molar refractivity (Wildman–Crippen MR) is 31.2 cm³/mol. The van der Waals surface area contributed by atoms with E-state index in [1.807, 2.05) is 5.43 Å². The van der Waals surface area contributed by atoms with Gasteiger partial charge in [0.05, 0.1) is 18.6 Å². The standard InChI is InChI=1S/C4H5FN4O/c5-4-3(1-8-9-10)6-2-7-4/h2H,1H2,(H,6,7)(H,8,10). The summed E-state index contributed by atoms with van der Waals surface area (Å²) in [6.07, 6.45) is 1.21. The number of nitroso groups, excluding NO2 is 1. The number of rotatable bonds is 3. The maximum atomic E-state index is 12.3. The molecule has 1 aromatic rings. The van der Waals surface area contributed by atoms with Crippen LogP contribution in [0, 0.1) is 10.9 Å². The van der Waals surface area contributed by atoms with E-state index in [1.165, 1.54) is 6.33 Å². The molecule has 0 atom stereocenters. The number of imidazole rings is 1. The molecule has 0 amide bonds. The molecule has 1 aromatic heterocycles. The van der Waals surface area contributed by atoms with E-state index in [0.717, 1.165) is 0 Å². The normalized spacial score (nSPS) is 9.30. The molecule has 2 N–H and O–H groups in total. The molecular weight excluding hydrogens is 139 g/mol. The fraction of sp³-hybridized carbons (Fsp3) is 0.250. The molecule has 0 bridgehead atoms. The molecule has 54 valence electrons. The molecule has 1 rings (SSSR count). The molecule has 0 aliphatic heterocycles. The summed E-state index contributed by atoms with van der Waals surface area (Å²) >= 11 is 0. The van der Waals surface area contributed by atoms with Gasteiger partial charge in [0.2, 0.25) is 5.95 Å². The zero-order chi connectivity index (χ0) is 7.40. The Balaban J connectivity index is 2.56. The van der Waals surface area contributed by atoms with Gasteiger partial charge in [-0.15, -0.1) is 4.91 Å². The molecule has 1 heterocycles. The molecule has 0 fully saturated rings. The first-order valence-corrected chi connectivity index (χ1v) is 2.57. The van der Waals surface area contributed by atoms with Crippen LogP contribution in [-0.2, 0) is 6.54 Å². The van der Waals surface area contributed by atoms with Crippen molar-refractivity contribution in [2.24, 2.45) is 5.29 Å². The van der Waals surface area contributed by atoms with Gasteiger partial charge in [0.15, 0.2) is 0 Å². The van der Waals surface area contributed by atoms with E-state index in [2.05, 4.69) is 15.3 Å². The number of aromatic amines is 1. The molecule has 0 aliphatic carbocycles. The van der Waals surface area contributed by atoms with Crippen molar-refractivity contribution in [3.05, 3.63) is 22.9 Å². The monoisotopic (exact) mass is 144 g/mol. The van der Waals surface area contributed by atoms with Crippen molar-refractivity contribution in [2.75, 3.05) is 0 Å². The first-order valence-electron chi connectivity index (χ1n) is 2.57. The number of hydrogen-bond donors (Lipinski definition) is 2. The summed E-state index contributed by atoms with van der Waals surface area (Å²) in [5.41, 5.74) is 2.27. The van der Waals surface area contributed by atoms with Crippen LogP contribution in [0.4, 0.5) is 4.39 Å². The van der Waals surface area contributed by atoms with Crippen LogP contribution in [0.15, 0.2) is 11.6 Å². The highest BCUT2D eigenvalue weighted by Gasteiger charge is 2.01. The maximum Gasteiger partial charge on any atom is 0.235 e. The lowest BCUT2D eigenvalue weighted by atomic mass is 10.5. The first-order chi connectivity index (χ1) is 4.84. The van der Waals surface area contributed by atoms with Gasteiger partial charge in [0.1, 0.15) is 0 Å². The average Bonchev–Trinajstić information content (AvgIpc) is 2.31. The van der Waals surface area contributed by atoms with Gasteiger partial charge >= 0.3 is 0 Å². The Morgan fingerprint density at radius 3 is 3.20 bits per heavy atom. The molecule has 10 heavy (non-hydrogen) atoms. The maximum absolute atomic E-state index is 12.3. The number of hydrogen-bond acceptors (Lipinski definition) is 3. The third-order valence-electron chi connectivity index (χ3n) is 0.986. The molecular formula is C4H5FN4O. The number of H-pyrrole nitrogens is 1. The summed E-state index contributed by atoms with van der Waals surface area (Å²) in [6, 6.07) is 0. The molecule has 0 saturated carbocycles. The highest BCUT2D eigenvalue weighted by Crippen LogP contribution is 1.97. The summed E-state index contributed by atoms with van der Waals surface area (Å²) < 4.78 is 12.3. The second-order valence-electron chi connectivity index (χ2n) is 1.60. The summed E-state index contributed by atoms with van der Waals surface area (Å²) in [7, 11) is 0. The van der Waals surface area contributed by atoms with Crippen molar-refractivity contribution in [3.8, 4) is 0 Å². The fourth-order valence-electron chi connectivity index (χ4n) is 0.540. The second-order valence-corrected chi connectivity index (χ2v) is 1.60. The lowest BCUT2D eigenvalue weighted by Gasteiger charge is -1.90. The Bertz CT molecular complexity index is 223. The molecule has 0 spiro atoms. The van der Waals surface area contributed by atoms with Crippen molar-refractivity contribution in [3.63, 3.8) is 0 Å². The SMILES string of the molecule is O=NNCc1[nH]cnc1F. The lowest BCUT2D eigenvalue weighted by Crippen LogP contribution is -2.05. The topological polar surface area (TPSA) is 70.1 Å². The van der Waals surface area contributed by atoms with Crippen LogP contribution in [0.25, 0.3) is 0 Å². The van der Waals surface area contributed by atoms with Crippen molar-refractivity contribution < 1.29 is 4.39 Å². The molecule has 6 heteroatoms. The Kier molecular flexibility index (Phi) is 1.93. The first kappa shape index (κ1) is 6.66. The smallest absolute Gasteiger partial charge is 0.235 e. The molecule has 0 unspecified atom stereocenters. The van der Waals surface area contributed by atoms with Gasteiger partial charge in [-0.05, 0) is 0 Å². The Hall–Kier alpha value is -1.46. The minimum absolute atomic E-state index is 0.0370. The Morgan fingerprint density at radius 1 is 1.90 bits per heavy atom. The van der Waals surface area contributed by atoms with Crippen molar-refractivity contribution in [2.45, 2.75) is 6.54 Å². The molecule has 0 aliphatic rings. The molecule has 0 radical (unpaired) electrons. The third kappa shape index (κ3) is 1.28. The summed E-state index contributed by atoms with van der Waals surface area (Å²) in [6.45, 7) is 0.0370. The van der Waals surface area contributed by atoms with Crippen LogP contribution >= 0.6 is 0 Å². The summed E-state index contributed by atoms with van der Waals surface area (Å²) in [5.74, 6) is -0.615. The zero-order valence-electron chi connectivity index (χ0n) is 4.97. The minimum Gasteiger partial charge on any atom is -0.344 e. The van der Waals surface area contributed by atoms with Crippen LogP contribution in [0.5, 0.6) is 0 Å².